The minimum atomic E-state index is -4.95. The number of ether oxygens (including phenoxy) is 4. The van der Waals surface area contributed by atoms with Crippen molar-refractivity contribution in [2.24, 2.45) is 17.8 Å². The summed E-state index contributed by atoms with van der Waals surface area (Å²) in [5, 5.41) is 10.5. The van der Waals surface area contributed by atoms with Gasteiger partial charge in [-0.2, -0.15) is 0 Å². The highest BCUT2D eigenvalue weighted by molar-refractivity contribution is 7.47. The second-order valence-electron chi connectivity index (χ2n) is 26.7. The number of hydrogen-bond donors (Lipinski definition) is 3. The van der Waals surface area contributed by atoms with Gasteiger partial charge in [0.1, 0.15) is 19.3 Å². The van der Waals surface area contributed by atoms with Gasteiger partial charge in [0.05, 0.1) is 26.4 Å². The maximum Gasteiger partial charge on any atom is 0.472 e. The third-order valence-electron chi connectivity index (χ3n) is 16.1. The normalized spacial score (nSPS) is 14.2. The Kier molecular flexibility index (Phi) is 59.6. The summed E-state index contributed by atoms with van der Waals surface area (Å²) in [5.74, 6) is 0.130. The number of carbonyl (C=O) groups excluding carboxylic acids is 4. The minimum absolute atomic E-state index is 0.101. The molecule has 5 atom stereocenters. The lowest BCUT2D eigenvalue weighted by Gasteiger charge is -2.21. The molecule has 0 fully saturated rings. The van der Waals surface area contributed by atoms with Gasteiger partial charge in [-0.05, 0) is 43.4 Å². The second-order valence-corrected chi connectivity index (χ2v) is 29.6. The fourth-order valence-corrected chi connectivity index (χ4v) is 12.1. The predicted molar refractivity (Wildman–Crippen MR) is 358 cm³/mol. The van der Waals surface area contributed by atoms with E-state index in [1.807, 2.05) is 0 Å². The Balaban J connectivity index is 5.14. The first-order valence-corrected chi connectivity index (χ1v) is 39.3. The van der Waals surface area contributed by atoms with Crippen molar-refractivity contribution < 1.29 is 80.2 Å². The van der Waals surface area contributed by atoms with E-state index in [4.69, 9.17) is 37.0 Å². The van der Waals surface area contributed by atoms with Crippen LogP contribution in [0.5, 0.6) is 0 Å². The van der Waals surface area contributed by atoms with Gasteiger partial charge >= 0.3 is 39.5 Å². The Morgan fingerprint density at radius 3 is 0.764 bits per heavy atom. The fourth-order valence-electron chi connectivity index (χ4n) is 10.5. The van der Waals surface area contributed by atoms with Gasteiger partial charge in [-0.15, -0.1) is 0 Å². The lowest BCUT2D eigenvalue weighted by atomic mass is 10.0. The monoisotopic (exact) mass is 1310 g/mol. The van der Waals surface area contributed by atoms with Crippen LogP contribution in [0.25, 0.3) is 0 Å². The number of carbonyl (C=O) groups is 4. The molecule has 0 aromatic carbocycles. The van der Waals surface area contributed by atoms with Crippen molar-refractivity contribution in [2.75, 3.05) is 39.6 Å². The standard InChI is InChI=1S/C70H136O17P2/c1-8-9-10-34-44-51-67(72)80-57-65(87-70(75)54-47-40-33-32-37-43-50-63(6)7)59-84-88(76,77)82-55-64(71)56-83-89(78,79)85-60-66(58-81-68(73)52-45-38-30-26-22-18-15-14-17-21-25-29-36-42-49-62(4)5)86-69(74)53-46-39-31-27-23-19-13-11-12-16-20-24-28-35-41-48-61(2)3/h61-66,71H,8-60H2,1-7H3,(H,76,77)(H,78,79)/t64-,65+,66+/m0/s1. The molecule has 17 nitrogen and oxygen atoms in total. The van der Waals surface area contributed by atoms with Gasteiger partial charge in [0.25, 0.3) is 0 Å². The van der Waals surface area contributed by atoms with E-state index in [1.54, 1.807) is 0 Å². The molecule has 0 saturated carbocycles. The predicted octanol–water partition coefficient (Wildman–Crippen LogP) is 19.8. The van der Waals surface area contributed by atoms with Gasteiger partial charge in [-0.1, -0.05) is 299 Å². The number of phosphoric ester groups is 2. The average molecular weight is 1310 g/mol. The highest BCUT2D eigenvalue weighted by atomic mass is 31.2. The Bertz CT molecular complexity index is 1750. The van der Waals surface area contributed by atoms with Crippen molar-refractivity contribution in [1.82, 2.24) is 0 Å². The topological polar surface area (TPSA) is 237 Å². The van der Waals surface area contributed by atoms with E-state index < -0.39 is 97.5 Å². The quantitative estimate of drug-likeness (QED) is 0.0222. The third kappa shape index (κ3) is 64.6. The van der Waals surface area contributed by atoms with Gasteiger partial charge in [0.15, 0.2) is 12.2 Å². The highest BCUT2D eigenvalue weighted by Gasteiger charge is 2.30. The highest BCUT2D eigenvalue weighted by Crippen LogP contribution is 2.45. The molecule has 0 spiro atoms. The molecule has 89 heavy (non-hydrogen) atoms. The van der Waals surface area contributed by atoms with Crippen LogP contribution in [0.4, 0.5) is 0 Å². The van der Waals surface area contributed by atoms with Gasteiger partial charge in [-0.25, -0.2) is 9.13 Å². The Hall–Kier alpha value is -1.94. The molecule has 0 aliphatic rings. The number of phosphoric acid groups is 2. The first-order chi connectivity index (χ1) is 42.7. The van der Waals surface area contributed by atoms with E-state index in [0.29, 0.717) is 31.6 Å². The van der Waals surface area contributed by atoms with E-state index >= 15 is 0 Å². The number of aliphatic hydroxyl groups is 1. The van der Waals surface area contributed by atoms with Crippen molar-refractivity contribution in [3.8, 4) is 0 Å². The van der Waals surface area contributed by atoms with Gasteiger partial charge in [-0.3, -0.25) is 37.3 Å². The number of aliphatic hydroxyl groups excluding tert-OH is 1. The summed E-state index contributed by atoms with van der Waals surface area (Å²) >= 11 is 0. The van der Waals surface area contributed by atoms with E-state index in [1.165, 1.54) is 154 Å². The lowest BCUT2D eigenvalue weighted by molar-refractivity contribution is -0.161. The van der Waals surface area contributed by atoms with Crippen LogP contribution >= 0.6 is 15.6 Å². The number of rotatable bonds is 68. The SMILES string of the molecule is CCCCCCCC(=O)OC[C@H](COP(=O)(O)OC[C@H](O)COP(=O)(O)OC[C@@H](COC(=O)CCCCCCCCCCCCCCCCC(C)C)OC(=O)CCCCCCCCCCCCCCCCCC(C)C)OC(=O)CCCCCCCCC(C)C. The fraction of sp³-hybridized carbons (Fsp3) is 0.943. The van der Waals surface area contributed by atoms with Gasteiger partial charge in [0, 0.05) is 25.7 Å². The maximum absolute atomic E-state index is 13.0. The molecule has 0 rings (SSSR count). The van der Waals surface area contributed by atoms with Gasteiger partial charge in [0.2, 0.25) is 0 Å². The number of unbranched alkanes of at least 4 members (excludes halogenated alkanes) is 36. The van der Waals surface area contributed by atoms with Crippen LogP contribution in [0.3, 0.4) is 0 Å². The Morgan fingerprint density at radius 2 is 0.517 bits per heavy atom. The van der Waals surface area contributed by atoms with E-state index in [2.05, 4.69) is 48.5 Å². The summed E-state index contributed by atoms with van der Waals surface area (Å²) in [6.07, 6.45) is 45.1. The van der Waals surface area contributed by atoms with Crippen LogP contribution in [0.1, 0.15) is 350 Å². The lowest BCUT2D eigenvalue weighted by Crippen LogP contribution is -2.30. The molecule has 0 amide bonds. The van der Waals surface area contributed by atoms with E-state index in [9.17, 15) is 43.2 Å². The molecule has 19 heteroatoms. The largest absolute Gasteiger partial charge is 0.472 e. The van der Waals surface area contributed by atoms with E-state index in [-0.39, 0.29) is 25.7 Å². The molecule has 0 saturated heterocycles. The van der Waals surface area contributed by atoms with Crippen LogP contribution in [0.15, 0.2) is 0 Å². The first-order valence-electron chi connectivity index (χ1n) is 36.3. The van der Waals surface area contributed by atoms with Crippen LogP contribution in [-0.2, 0) is 65.4 Å². The molecule has 3 N–H and O–H groups in total. The molecule has 528 valence electrons. The Morgan fingerprint density at radius 1 is 0.303 bits per heavy atom. The van der Waals surface area contributed by atoms with Crippen LogP contribution < -0.4 is 0 Å². The zero-order valence-electron chi connectivity index (χ0n) is 57.9. The molecule has 2 unspecified atom stereocenters. The first kappa shape index (κ1) is 87.1. The van der Waals surface area contributed by atoms with Crippen molar-refractivity contribution >= 4 is 39.5 Å². The van der Waals surface area contributed by atoms with Crippen LogP contribution in [0, 0.1) is 17.8 Å². The molecule has 0 aliphatic carbocycles. The summed E-state index contributed by atoms with van der Waals surface area (Å²) in [7, 11) is -9.89. The van der Waals surface area contributed by atoms with Crippen molar-refractivity contribution in [3.05, 3.63) is 0 Å². The zero-order chi connectivity index (χ0) is 65.9. The zero-order valence-corrected chi connectivity index (χ0v) is 59.7. The van der Waals surface area contributed by atoms with Gasteiger partial charge < -0.3 is 33.8 Å². The summed E-state index contributed by atoms with van der Waals surface area (Å²) in [6.45, 7) is 11.7. The molecular formula is C70H136O17P2. The second kappa shape index (κ2) is 61.0. The smallest absolute Gasteiger partial charge is 0.462 e. The molecular weight excluding hydrogens is 1170 g/mol. The summed E-state index contributed by atoms with van der Waals surface area (Å²) in [4.78, 5) is 72.2. The molecule has 0 radical (unpaired) electrons. The van der Waals surface area contributed by atoms with Crippen molar-refractivity contribution in [1.29, 1.82) is 0 Å². The van der Waals surface area contributed by atoms with Crippen LogP contribution in [0.2, 0.25) is 0 Å². The molecule has 0 bridgehead atoms. The number of hydrogen-bond acceptors (Lipinski definition) is 15. The molecule has 0 aromatic heterocycles. The van der Waals surface area contributed by atoms with Crippen molar-refractivity contribution in [2.45, 2.75) is 369 Å². The summed E-state index contributed by atoms with van der Waals surface area (Å²) < 4.78 is 68.0. The Labute approximate surface area is 543 Å². The summed E-state index contributed by atoms with van der Waals surface area (Å²) in [5.41, 5.74) is 0. The third-order valence-corrected chi connectivity index (χ3v) is 18.0. The molecule has 0 aromatic rings. The molecule has 0 aliphatic heterocycles. The summed E-state index contributed by atoms with van der Waals surface area (Å²) in [6, 6.07) is 0. The molecule has 0 heterocycles. The van der Waals surface area contributed by atoms with Crippen molar-refractivity contribution in [3.63, 3.8) is 0 Å². The number of esters is 4. The van der Waals surface area contributed by atoms with E-state index in [0.717, 1.165) is 108 Å². The average Bonchev–Trinajstić information content (AvgIpc) is 3.55. The maximum atomic E-state index is 13.0. The minimum Gasteiger partial charge on any atom is -0.462 e. The van der Waals surface area contributed by atoms with Crippen LogP contribution in [-0.4, -0.2) is 96.7 Å².